The minimum absolute atomic E-state index is 0.0454. The molecule has 1 amide bonds. The summed E-state index contributed by atoms with van der Waals surface area (Å²) >= 11 is 5.95. The van der Waals surface area contributed by atoms with Crippen LogP contribution in [0.5, 0.6) is 5.75 Å². The van der Waals surface area contributed by atoms with E-state index in [1.807, 2.05) is 28.8 Å². The van der Waals surface area contributed by atoms with Crippen molar-refractivity contribution in [1.82, 2.24) is 14.8 Å². The second kappa shape index (κ2) is 10.9. The van der Waals surface area contributed by atoms with E-state index in [-0.39, 0.29) is 24.1 Å². The van der Waals surface area contributed by atoms with Gasteiger partial charge in [-0.3, -0.25) is 19.3 Å². The first kappa shape index (κ1) is 25.3. The molecular formula is C27H28ClN3O6. The first-order valence-electron chi connectivity index (χ1n) is 12.2. The van der Waals surface area contributed by atoms with Crippen LogP contribution in [0.25, 0.3) is 10.9 Å². The molecule has 5 rings (SSSR count). The van der Waals surface area contributed by atoms with Gasteiger partial charge < -0.3 is 24.1 Å². The number of amides is 1. The molecule has 0 bridgehead atoms. The van der Waals surface area contributed by atoms with E-state index in [2.05, 4.69) is 10.2 Å². The highest BCUT2D eigenvalue weighted by Gasteiger charge is 2.27. The Labute approximate surface area is 218 Å². The number of halogens is 1. The summed E-state index contributed by atoms with van der Waals surface area (Å²) in [6.45, 7) is 5.52. The van der Waals surface area contributed by atoms with Gasteiger partial charge in [0.2, 0.25) is 5.43 Å². The Kier molecular flexibility index (Phi) is 7.45. The normalized spacial score (nSPS) is 17.3. The number of ether oxygens (including phenoxy) is 3. The predicted octanol–water partition coefficient (Wildman–Crippen LogP) is 2.74. The number of morpholine rings is 1. The van der Waals surface area contributed by atoms with E-state index in [0.717, 1.165) is 24.2 Å². The molecule has 1 N–H and O–H groups in total. The van der Waals surface area contributed by atoms with Crippen LogP contribution in [0, 0.1) is 0 Å². The van der Waals surface area contributed by atoms with E-state index in [4.69, 9.17) is 25.8 Å². The van der Waals surface area contributed by atoms with Crippen LogP contribution in [0.3, 0.4) is 0 Å². The van der Waals surface area contributed by atoms with Gasteiger partial charge >= 0.3 is 5.97 Å². The Hall–Kier alpha value is -3.40. The maximum Gasteiger partial charge on any atom is 0.302 e. The summed E-state index contributed by atoms with van der Waals surface area (Å²) in [5, 5.41) is 3.87. The van der Waals surface area contributed by atoms with Crippen molar-refractivity contribution in [3.05, 3.63) is 74.5 Å². The second-order valence-electron chi connectivity index (χ2n) is 9.25. The van der Waals surface area contributed by atoms with Crippen molar-refractivity contribution in [2.45, 2.75) is 32.7 Å². The molecule has 0 saturated carbocycles. The fourth-order valence-corrected chi connectivity index (χ4v) is 4.80. The fraction of sp³-hybridized carbons (Fsp3) is 0.370. The van der Waals surface area contributed by atoms with Crippen LogP contribution < -0.4 is 15.5 Å². The van der Waals surface area contributed by atoms with Gasteiger partial charge in [0.25, 0.3) is 5.91 Å². The third-order valence-corrected chi connectivity index (χ3v) is 6.74. The second-order valence-corrected chi connectivity index (χ2v) is 9.69. The van der Waals surface area contributed by atoms with Crippen LogP contribution in [-0.2, 0) is 33.9 Å². The monoisotopic (exact) mass is 525 g/mol. The van der Waals surface area contributed by atoms with E-state index in [1.165, 1.54) is 6.92 Å². The summed E-state index contributed by atoms with van der Waals surface area (Å²) in [6, 6.07) is 10.9. The number of nitrogens with zero attached hydrogens (tertiary/aromatic N) is 2. The predicted molar refractivity (Wildman–Crippen MR) is 138 cm³/mol. The van der Waals surface area contributed by atoms with Gasteiger partial charge in [0.05, 0.1) is 30.7 Å². The minimum atomic E-state index is -0.464. The summed E-state index contributed by atoms with van der Waals surface area (Å²) in [5.74, 6) is -0.328. The van der Waals surface area contributed by atoms with Crippen LogP contribution in [0.4, 0.5) is 0 Å². The van der Waals surface area contributed by atoms with Gasteiger partial charge in [0.15, 0.2) is 6.10 Å². The lowest BCUT2D eigenvalue weighted by molar-refractivity contribution is -0.143. The highest BCUT2D eigenvalue weighted by Crippen LogP contribution is 2.32. The highest BCUT2D eigenvalue weighted by atomic mass is 35.5. The molecule has 1 atom stereocenters. The smallest absolute Gasteiger partial charge is 0.302 e. The first-order valence-corrected chi connectivity index (χ1v) is 12.6. The molecule has 10 heteroatoms. The highest BCUT2D eigenvalue weighted by molar-refractivity contribution is 6.30. The number of carbonyl (C=O) groups excluding carboxylic acids is 2. The molecule has 3 aromatic rings. The van der Waals surface area contributed by atoms with Gasteiger partial charge in [-0.25, -0.2) is 0 Å². The molecule has 2 aliphatic rings. The number of hydrogen-bond acceptors (Lipinski definition) is 7. The molecule has 3 heterocycles. The van der Waals surface area contributed by atoms with Crippen molar-refractivity contribution in [1.29, 1.82) is 0 Å². The van der Waals surface area contributed by atoms with Crippen LogP contribution in [0.15, 0.2) is 47.4 Å². The molecule has 1 fully saturated rings. The summed E-state index contributed by atoms with van der Waals surface area (Å²) < 4.78 is 18.6. The van der Waals surface area contributed by atoms with Gasteiger partial charge in [0, 0.05) is 44.3 Å². The van der Waals surface area contributed by atoms with E-state index in [9.17, 15) is 14.4 Å². The Morgan fingerprint density at radius 3 is 2.62 bits per heavy atom. The molecular weight excluding hydrogens is 498 g/mol. The van der Waals surface area contributed by atoms with Gasteiger partial charge in [-0.15, -0.1) is 0 Å². The molecule has 1 unspecified atom stereocenters. The van der Waals surface area contributed by atoms with Gasteiger partial charge in [-0.2, -0.15) is 0 Å². The molecule has 0 radical (unpaired) electrons. The fourth-order valence-electron chi connectivity index (χ4n) is 4.68. The Balaban J connectivity index is 1.49. The van der Waals surface area contributed by atoms with Crippen LogP contribution in [0.1, 0.15) is 28.4 Å². The molecule has 1 aromatic heterocycles. The average Bonchev–Trinajstić information content (AvgIpc) is 2.89. The summed E-state index contributed by atoms with van der Waals surface area (Å²) in [4.78, 5) is 40.3. The third-order valence-electron chi connectivity index (χ3n) is 6.48. The standard InChI is InChI=1S/C27H28ClN3O6/c1-17(32)36-16-21-14-31-15-23(27(34)29-12-18-2-4-20(28)5-3-18)26(33)22-10-19(11-24(37-21)25(22)31)13-30-6-8-35-9-7-30/h2-5,10-11,15,21H,6-9,12-14,16H2,1H3,(H,29,34). The van der Waals surface area contributed by atoms with E-state index < -0.39 is 18.0 Å². The number of rotatable bonds is 7. The molecule has 1 saturated heterocycles. The number of pyridine rings is 1. The van der Waals surface area contributed by atoms with Crippen molar-refractivity contribution in [2.75, 3.05) is 32.9 Å². The van der Waals surface area contributed by atoms with Crippen LogP contribution in [-0.4, -0.2) is 60.4 Å². The van der Waals surface area contributed by atoms with Crippen molar-refractivity contribution in [2.24, 2.45) is 0 Å². The lowest BCUT2D eigenvalue weighted by Gasteiger charge is -2.30. The summed E-state index contributed by atoms with van der Waals surface area (Å²) in [7, 11) is 0. The van der Waals surface area contributed by atoms with Gasteiger partial charge in [-0.05, 0) is 35.4 Å². The van der Waals surface area contributed by atoms with Crippen LogP contribution in [0.2, 0.25) is 5.02 Å². The van der Waals surface area contributed by atoms with Crippen molar-refractivity contribution in [3.63, 3.8) is 0 Å². The zero-order valence-corrected chi connectivity index (χ0v) is 21.3. The number of benzene rings is 2. The van der Waals surface area contributed by atoms with Gasteiger partial charge in [-0.1, -0.05) is 23.7 Å². The quantitative estimate of drug-likeness (QED) is 0.473. The Morgan fingerprint density at radius 1 is 1.14 bits per heavy atom. The van der Waals surface area contributed by atoms with Crippen molar-refractivity contribution >= 4 is 34.4 Å². The molecule has 9 nitrogen and oxygen atoms in total. The SMILES string of the molecule is CC(=O)OCC1Cn2cc(C(=O)NCc3ccc(Cl)cc3)c(=O)c3cc(CN4CCOCC4)cc(c32)O1. The molecule has 2 aliphatic heterocycles. The molecule has 37 heavy (non-hydrogen) atoms. The number of hydrogen-bond donors (Lipinski definition) is 1. The Morgan fingerprint density at radius 2 is 1.89 bits per heavy atom. The zero-order valence-electron chi connectivity index (χ0n) is 20.5. The molecule has 2 aromatic carbocycles. The number of esters is 1. The van der Waals surface area contributed by atoms with E-state index in [1.54, 1.807) is 18.3 Å². The van der Waals surface area contributed by atoms with E-state index >= 15 is 0 Å². The van der Waals surface area contributed by atoms with E-state index in [0.29, 0.717) is 48.0 Å². The first-order chi connectivity index (χ1) is 17.9. The molecule has 194 valence electrons. The maximum atomic E-state index is 13.6. The average molecular weight is 526 g/mol. The number of aromatic nitrogens is 1. The van der Waals surface area contributed by atoms with Crippen molar-refractivity contribution < 1.29 is 23.8 Å². The Bertz CT molecular complexity index is 1380. The zero-order chi connectivity index (χ0) is 25.9. The lowest BCUT2D eigenvalue weighted by Crippen LogP contribution is -2.37. The largest absolute Gasteiger partial charge is 0.483 e. The lowest BCUT2D eigenvalue weighted by atomic mass is 10.0. The summed E-state index contributed by atoms with van der Waals surface area (Å²) in [5.41, 5.74) is 2.09. The third kappa shape index (κ3) is 5.79. The maximum absolute atomic E-state index is 13.6. The minimum Gasteiger partial charge on any atom is -0.483 e. The van der Waals surface area contributed by atoms with Crippen molar-refractivity contribution in [3.8, 4) is 5.75 Å². The topological polar surface area (TPSA) is 99.1 Å². The molecule has 0 spiro atoms. The number of carbonyl (C=O) groups is 2. The summed E-state index contributed by atoms with van der Waals surface area (Å²) in [6.07, 6.45) is 1.11. The molecule has 0 aliphatic carbocycles. The van der Waals surface area contributed by atoms with Crippen LogP contribution >= 0.6 is 11.6 Å². The van der Waals surface area contributed by atoms with Gasteiger partial charge in [0.1, 0.15) is 17.9 Å². The number of nitrogens with one attached hydrogen (secondary N) is 1.